The topological polar surface area (TPSA) is 42.7 Å². The quantitative estimate of drug-likeness (QED) is 0.865. The van der Waals surface area contributed by atoms with Crippen LogP contribution in [0.3, 0.4) is 0 Å². The first-order chi connectivity index (χ1) is 9.19. The van der Waals surface area contributed by atoms with E-state index in [1.54, 1.807) is 6.33 Å². The van der Waals surface area contributed by atoms with Crippen LogP contribution in [0, 0.1) is 5.92 Å². The zero-order chi connectivity index (χ0) is 13.7. The van der Waals surface area contributed by atoms with Gasteiger partial charge in [-0.3, -0.25) is 0 Å². The highest BCUT2D eigenvalue weighted by Crippen LogP contribution is 2.12. The Labute approximate surface area is 114 Å². The van der Waals surface area contributed by atoms with Crippen molar-refractivity contribution in [1.29, 1.82) is 0 Å². The van der Waals surface area contributed by atoms with Crippen LogP contribution in [0.25, 0.3) is 0 Å². The summed E-state index contributed by atoms with van der Waals surface area (Å²) in [7, 11) is 0. The predicted molar refractivity (Wildman–Crippen MR) is 78.0 cm³/mol. The third-order valence-corrected chi connectivity index (χ3v) is 3.02. The highest BCUT2D eigenvalue weighted by molar-refractivity contribution is 5.45. The molecule has 1 N–H and O–H groups in total. The molecule has 0 aliphatic rings. The Morgan fingerprint density at radius 2 is 2.16 bits per heavy atom. The van der Waals surface area contributed by atoms with Crippen LogP contribution in [-0.2, 0) is 19.5 Å². The number of hydrogen-bond acceptors (Lipinski definition) is 3. The van der Waals surface area contributed by atoms with Crippen LogP contribution in [-0.4, -0.2) is 14.8 Å². The lowest BCUT2D eigenvalue weighted by molar-refractivity contribution is 0.468. The Hall–Kier alpha value is -1.84. The Morgan fingerprint density at radius 1 is 1.32 bits per heavy atom. The molecule has 4 heteroatoms. The van der Waals surface area contributed by atoms with Gasteiger partial charge in [0.15, 0.2) is 0 Å². The molecule has 0 unspecified atom stereocenters. The van der Waals surface area contributed by atoms with Crippen LogP contribution >= 0.6 is 0 Å². The standard InChI is InChI=1S/C15H22N4/c1-4-13-6-5-7-14(8-13)16-9-15-17-11-18-19(15)10-12(2)3/h5-8,11-12,16H,4,9-10H2,1-3H3. The minimum Gasteiger partial charge on any atom is -0.378 e. The van der Waals surface area contributed by atoms with Gasteiger partial charge in [0.1, 0.15) is 12.2 Å². The summed E-state index contributed by atoms with van der Waals surface area (Å²) < 4.78 is 1.97. The average Bonchev–Trinajstić information content (AvgIpc) is 2.83. The molecule has 0 fully saturated rings. The van der Waals surface area contributed by atoms with Gasteiger partial charge in [-0.05, 0) is 30.0 Å². The van der Waals surface area contributed by atoms with E-state index in [1.807, 2.05) is 4.68 Å². The monoisotopic (exact) mass is 258 g/mol. The van der Waals surface area contributed by atoms with Crippen LogP contribution in [0.4, 0.5) is 5.69 Å². The van der Waals surface area contributed by atoms with Gasteiger partial charge in [0.05, 0.1) is 6.54 Å². The maximum absolute atomic E-state index is 4.32. The van der Waals surface area contributed by atoms with Crippen LogP contribution in [0.15, 0.2) is 30.6 Å². The number of benzene rings is 1. The molecule has 2 rings (SSSR count). The molecular formula is C15H22N4. The lowest BCUT2D eigenvalue weighted by Gasteiger charge is -2.10. The smallest absolute Gasteiger partial charge is 0.146 e. The van der Waals surface area contributed by atoms with Crippen molar-refractivity contribution in [3.05, 3.63) is 42.0 Å². The molecule has 0 aliphatic heterocycles. The summed E-state index contributed by atoms with van der Waals surface area (Å²) in [5.41, 5.74) is 2.48. The van der Waals surface area contributed by atoms with Crippen molar-refractivity contribution in [1.82, 2.24) is 14.8 Å². The normalized spacial score (nSPS) is 10.9. The first-order valence-electron chi connectivity index (χ1n) is 6.88. The maximum atomic E-state index is 4.32. The molecule has 1 heterocycles. The van der Waals surface area contributed by atoms with E-state index in [1.165, 1.54) is 5.56 Å². The van der Waals surface area contributed by atoms with Gasteiger partial charge in [-0.2, -0.15) is 5.10 Å². The third-order valence-electron chi connectivity index (χ3n) is 3.02. The zero-order valence-electron chi connectivity index (χ0n) is 11.9. The van der Waals surface area contributed by atoms with Crippen LogP contribution in [0.1, 0.15) is 32.2 Å². The SMILES string of the molecule is CCc1cccc(NCc2ncnn2CC(C)C)c1. The van der Waals surface area contributed by atoms with Gasteiger partial charge >= 0.3 is 0 Å². The molecule has 2 aromatic rings. The van der Waals surface area contributed by atoms with E-state index in [0.717, 1.165) is 24.5 Å². The van der Waals surface area contributed by atoms with Crippen molar-refractivity contribution < 1.29 is 0 Å². The number of nitrogens with zero attached hydrogens (tertiary/aromatic N) is 3. The highest BCUT2D eigenvalue weighted by Gasteiger charge is 2.05. The highest BCUT2D eigenvalue weighted by atomic mass is 15.3. The summed E-state index contributed by atoms with van der Waals surface area (Å²) in [4.78, 5) is 4.32. The van der Waals surface area contributed by atoms with Gasteiger partial charge in [0, 0.05) is 12.2 Å². The second-order valence-electron chi connectivity index (χ2n) is 5.16. The minimum atomic E-state index is 0.573. The molecule has 19 heavy (non-hydrogen) atoms. The van der Waals surface area contributed by atoms with Crippen LogP contribution in [0.2, 0.25) is 0 Å². The summed E-state index contributed by atoms with van der Waals surface area (Å²) in [6.45, 7) is 8.15. The summed E-state index contributed by atoms with van der Waals surface area (Å²) in [5, 5.41) is 7.68. The van der Waals surface area contributed by atoms with E-state index in [0.29, 0.717) is 12.5 Å². The van der Waals surface area contributed by atoms with Gasteiger partial charge in [-0.1, -0.05) is 32.9 Å². The van der Waals surface area contributed by atoms with Crippen molar-refractivity contribution in [3.8, 4) is 0 Å². The molecule has 0 bridgehead atoms. The molecule has 0 saturated heterocycles. The Balaban J connectivity index is 2.00. The number of aryl methyl sites for hydroxylation is 1. The molecule has 4 nitrogen and oxygen atoms in total. The van der Waals surface area contributed by atoms with Crippen LogP contribution < -0.4 is 5.32 Å². The predicted octanol–water partition coefficient (Wildman–Crippen LogP) is 3.11. The summed E-state index contributed by atoms with van der Waals surface area (Å²) in [6.07, 6.45) is 2.68. The Morgan fingerprint density at radius 3 is 2.89 bits per heavy atom. The number of aromatic nitrogens is 3. The van der Waals surface area contributed by atoms with Gasteiger partial charge in [-0.15, -0.1) is 0 Å². The molecule has 102 valence electrons. The first-order valence-corrected chi connectivity index (χ1v) is 6.88. The molecule has 0 spiro atoms. The van der Waals surface area contributed by atoms with Crippen LogP contribution in [0.5, 0.6) is 0 Å². The number of nitrogens with one attached hydrogen (secondary N) is 1. The molecule has 0 aliphatic carbocycles. The fraction of sp³-hybridized carbons (Fsp3) is 0.467. The molecular weight excluding hydrogens is 236 g/mol. The molecule has 1 aromatic heterocycles. The van der Waals surface area contributed by atoms with Crippen molar-refractivity contribution in [3.63, 3.8) is 0 Å². The third kappa shape index (κ3) is 3.81. The number of hydrogen-bond donors (Lipinski definition) is 1. The van der Waals surface area contributed by atoms with E-state index in [2.05, 4.69) is 60.4 Å². The van der Waals surface area contributed by atoms with Gasteiger partial charge in [-0.25, -0.2) is 9.67 Å². The minimum absolute atomic E-state index is 0.573. The fourth-order valence-corrected chi connectivity index (χ4v) is 2.01. The van der Waals surface area contributed by atoms with Crippen molar-refractivity contribution in [2.24, 2.45) is 5.92 Å². The molecule has 0 radical (unpaired) electrons. The lowest BCUT2D eigenvalue weighted by atomic mass is 10.1. The number of rotatable bonds is 6. The molecule has 0 saturated carbocycles. The van der Waals surface area contributed by atoms with E-state index in [-0.39, 0.29) is 0 Å². The largest absolute Gasteiger partial charge is 0.378 e. The Kier molecular flexibility index (Phi) is 4.55. The van der Waals surface area contributed by atoms with Crippen molar-refractivity contribution in [2.45, 2.75) is 40.3 Å². The van der Waals surface area contributed by atoms with Gasteiger partial charge in [0.2, 0.25) is 0 Å². The second-order valence-corrected chi connectivity index (χ2v) is 5.16. The van der Waals surface area contributed by atoms with Crippen molar-refractivity contribution >= 4 is 5.69 Å². The summed E-state index contributed by atoms with van der Waals surface area (Å²) in [5.74, 6) is 1.56. The lowest BCUT2D eigenvalue weighted by Crippen LogP contribution is -2.13. The summed E-state index contributed by atoms with van der Waals surface area (Å²) in [6, 6.07) is 8.50. The maximum Gasteiger partial charge on any atom is 0.146 e. The molecule has 0 atom stereocenters. The van der Waals surface area contributed by atoms with Crippen molar-refractivity contribution in [2.75, 3.05) is 5.32 Å². The fourth-order valence-electron chi connectivity index (χ4n) is 2.01. The first kappa shape index (κ1) is 13.6. The zero-order valence-corrected chi connectivity index (χ0v) is 11.9. The second kappa shape index (κ2) is 6.36. The van der Waals surface area contributed by atoms with E-state index < -0.39 is 0 Å². The van der Waals surface area contributed by atoms with E-state index in [9.17, 15) is 0 Å². The average molecular weight is 258 g/mol. The van der Waals surface area contributed by atoms with Gasteiger partial charge in [0.25, 0.3) is 0 Å². The molecule has 0 amide bonds. The summed E-state index contributed by atoms with van der Waals surface area (Å²) >= 11 is 0. The van der Waals surface area contributed by atoms with Gasteiger partial charge < -0.3 is 5.32 Å². The van der Waals surface area contributed by atoms with E-state index in [4.69, 9.17) is 0 Å². The Bertz CT molecular complexity index is 516. The number of anilines is 1. The van der Waals surface area contributed by atoms with E-state index >= 15 is 0 Å². The molecule has 1 aromatic carbocycles.